The maximum absolute atomic E-state index is 5.56. The molecule has 0 bridgehead atoms. The van der Waals surface area contributed by atoms with Gasteiger partial charge in [-0.2, -0.15) is 10.2 Å². The summed E-state index contributed by atoms with van der Waals surface area (Å²) in [6, 6.07) is 1.88. The number of rotatable bonds is 4. The van der Waals surface area contributed by atoms with E-state index in [0.29, 0.717) is 11.8 Å². The Kier molecular flexibility index (Phi) is 3.21. The van der Waals surface area contributed by atoms with E-state index in [9.17, 15) is 0 Å². The van der Waals surface area contributed by atoms with E-state index in [1.165, 1.54) is 0 Å². The summed E-state index contributed by atoms with van der Waals surface area (Å²) < 4.78 is 5.56. The summed E-state index contributed by atoms with van der Waals surface area (Å²) in [5.74, 6) is 1.07. The molecule has 0 aliphatic rings. The van der Waals surface area contributed by atoms with Crippen molar-refractivity contribution < 1.29 is 4.42 Å². The lowest BCUT2D eigenvalue weighted by Crippen LogP contribution is -2.15. The van der Waals surface area contributed by atoms with Gasteiger partial charge in [0.15, 0.2) is 0 Å². The van der Waals surface area contributed by atoms with E-state index in [1.54, 1.807) is 18.5 Å². The van der Waals surface area contributed by atoms with Crippen LogP contribution in [0.4, 0.5) is 0 Å². The van der Waals surface area contributed by atoms with E-state index < -0.39 is 0 Å². The first-order valence-electron chi connectivity index (χ1n) is 5.13. The maximum Gasteiger partial charge on any atom is 0.249 e. The van der Waals surface area contributed by atoms with Gasteiger partial charge < -0.3 is 9.73 Å². The summed E-state index contributed by atoms with van der Waals surface area (Å²) in [4.78, 5) is 0. The molecule has 0 spiro atoms. The Morgan fingerprint density at radius 1 is 1.38 bits per heavy atom. The molecular weight excluding hydrogens is 206 g/mol. The molecule has 0 saturated heterocycles. The van der Waals surface area contributed by atoms with Gasteiger partial charge in [0.1, 0.15) is 0 Å². The minimum absolute atomic E-state index is 0.0936. The Morgan fingerprint density at radius 2 is 2.25 bits per heavy atom. The van der Waals surface area contributed by atoms with Gasteiger partial charge in [-0.3, -0.25) is 0 Å². The lowest BCUT2D eigenvalue weighted by atomic mass is 10.2. The number of nitrogens with zero attached hydrogens (tertiary/aromatic N) is 4. The second-order valence-electron chi connectivity index (χ2n) is 3.33. The van der Waals surface area contributed by atoms with E-state index in [4.69, 9.17) is 4.42 Å². The second kappa shape index (κ2) is 4.80. The quantitative estimate of drug-likeness (QED) is 0.832. The van der Waals surface area contributed by atoms with E-state index in [1.807, 2.05) is 7.05 Å². The van der Waals surface area contributed by atoms with Gasteiger partial charge in [0.25, 0.3) is 0 Å². The Labute approximate surface area is 93.1 Å². The third kappa shape index (κ3) is 2.06. The smallest absolute Gasteiger partial charge is 0.249 e. The third-order valence-corrected chi connectivity index (χ3v) is 2.33. The van der Waals surface area contributed by atoms with Crippen LogP contribution in [-0.2, 0) is 0 Å². The van der Waals surface area contributed by atoms with E-state index in [0.717, 1.165) is 12.0 Å². The van der Waals surface area contributed by atoms with Gasteiger partial charge in [-0.25, -0.2) is 0 Å². The molecule has 2 heterocycles. The van der Waals surface area contributed by atoms with Crippen LogP contribution in [0.5, 0.6) is 0 Å². The van der Waals surface area contributed by atoms with Crippen LogP contribution in [0.2, 0.25) is 0 Å². The molecule has 2 aromatic rings. The van der Waals surface area contributed by atoms with Crippen molar-refractivity contribution in [1.82, 2.24) is 25.7 Å². The van der Waals surface area contributed by atoms with Gasteiger partial charge in [-0.1, -0.05) is 6.92 Å². The van der Waals surface area contributed by atoms with E-state index in [2.05, 4.69) is 32.6 Å². The summed E-state index contributed by atoms with van der Waals surface area (Å²) in [5, 5.41) is 18.5. The summed E-state index contributed by atoms with van der Waals surface area (Å²) in [6.07, 6.45) is 4.08. The zero-order valence-electron chi connectivity index (χ0n) is 9.21. The van der Waals surface area contributed by atoms with Gasteiger partial charge >= 0.3 is 0 Å². The number of aromatic nitrogens is 4. The van der Waals surface area contributed by atoms with Crippen LogP contribution >= 0.6 is 0 Å². The molecule has 0 fully saturated rings. The van der Waals surface area contributed by atoms with Gasteiger partial charge in [0.05, 0.1) is 24.0 Å². The fourth-order valence-electron chi connectivity index (χ4n) is 1.41. The van der Waals surface area contributed by atoms with E-state index in [-0.39, 0.29) is 6.04 Å². The van der Waals surface area contributed by atoms with Crippen LogP contribution in [0.1, 0.15) is 25.3 Å². The molecule has 0 aromatic carbocycles. The fraction of sp³-hybridized carbons (Fsp3) is 0.400. The SMILES string of the molecule is CCC(NC)c1nnc(-c2ccnnc2)o1. The highest BCUT2D eigenvalue weighted by molar-refractivity contribution is 5.49. The Morgan fingerprint density at radius 3 is 2.88 bits per heavy atom. The summed E-state index contributed by atoms with van der Waals surface area (Å²) in [6.45, 7) is 2.05. The van der Waals surface area contributed by atoms with Crippen molar-refractivity contribution in [2.45, 2.75) is 19.4 Å². The lowest BCUT2D eigenvalue weighted by Gasteiger charge is -2.06. The minimum Gasteiger partial charge on any atom is -0.419 e. The van der Waals surface area contributed by atoms with Gasteiger partial charge in [-0.05, 0) is 19.5 Å². The molecule has 6 heteroatoms. The van der Waals surface area contributed by atoms with Crippen molar-refractivity contribution in [3.05, 3.63) is 24.4 Å². The molecule has 0 radical (unpaired) electrons. The monoisotopic (exact) mass is 219 g/mol. The normalized spacial score (nSPS) is 12.6. The van der Waals surface area contributed by atoms with Crippen molar-refractivity contribution in [3.63, 3.8) is 0 Å². The summed E-state index contributed by atoms with van der Waals surface area (Å²) in [7, 11) is 1.87. The number of hydrogen-bond donors (Lipinski definition) is 1. The molecule has 1 unspecified atom stereocenters. The van der Waals surface area contributed by atoms with Crippen LogP contribution in [0.15, 0.2) is 22.9 Å². The minimum atomic E-state index is 0.0936. The Bertz CT molecular complexity index is 437. The average molecular weight is 219 g/mol. The summed E-state index contributed by atoms with van der Waals surface area (Å²) >= 11 is 0. The van der Waals surface area contributed by atoms with Crippen molar-refractivity contribution >= 4 is 0 Å². The standard InChI is InChI=1S/C10H13N5O/c1-3-8(11-2)10-15-14-9(16-10)7-4-5-12-13-6-7/h4-6,8,11H,3H2,1-2H3. The highest BCUT2D eigenvalue weighted by Crippen LogP contribution is 2.20. The molecule has 16 heavy (non-hydrogen) atoms. The van der Waals surface area contributed by atoms with Crippen LogP contribution in [0.3, 0.4) is 0 Å². The van der Waals surface area contributed by atoms with Crippen molar-refractivity contribution in [1.29, 1.82) is 0 Å². The molecule has 0 saturated carbocycles. The maximum atomic E-state index is 5.56. The highest BCUT2D eigenvalue weighted by atomic mass is 16.4. The summed E-state index contributed by atoms with van der Waals surface area (Å²) in [5.41, 5.74) is 0.778. The fourth-order valence-corrected chi connectivity index (χ4v) is 1.41. The first-order valence-corrected chi connectivity index (χ1v) is 5.13. The molecular formula is C10H13N5O. The average Bonchev–Trinajstić information content (AvgIpc) is 2.81. The largest absolute Gasteiger partial charge is 0.419 e. The molecule has 1 N–H and O–H groups in total. The van der Waals surface area contributed by atoms with Crippen molar-refractivity contribution in [2.75, 3.05) is 7.05 Å². The topological polar surface area (TPSA) is 76.7 Å². The first-order chi connectivity index (χ1) is 7.85. The molecule has 2 rings (SSSR count). The highest BCUT2D eigenvalue weighted by Gasteiger charge is 2.15. The Hall–Kier alpha value is -1.82. The van der Waals surface area contributed by atoms with Crippen LogP contribution in [-0.4, -0.2) is 27.4 Å². The number of nitrogens with one attached hydrogen (secondary N) is 1. The van der Waals surface area contributed by atoms with E-state index >= 15 is 0 Å². The van der Waals surface area contributed by atoms with Crippen molar-refractivity contribution in [3.8, 4) is 11.5 Å². The Balaban J connectivity index is 2.26. The van der Waals surface area contributed by atoms with Gasteiger partial charge in [0.2, 0.25) is 11.8 Å². The third-order valence-electron chi connectivity index (χ3n) is 2.33. The molecule has 1 atom stereocenters. The molecule has 0 aliphatic carbocycles. The molecule has 0 aliphatic heterocycles. The van der Waals surface area contributed by atoms with Gasteiger partial charge in [-0.15, -0.1) is 10.2 Å². The molecule has 2 aromatic heterocycles. The van der Waals surface area contributed by atoms with Crippen LogP contribution in [0.25, 0.3) is 11.5 Å². The molecule has 0 amide bonds. The predicted octanol–water partition coefficient (Wildman–Crippen LogP) is 1.20. The predicted molar refractivity (Wildman–Crippen MR) is 57.4 cm³/mol. The van der Waals surface area contributed by atoms with Gasteiger partial charge in [0, 0.05) is 0 Å². The van der Waals surface area contributed by atoms with Crippen LogP contribution in [0, 0.1) is 0 Å². The zero-order valence-corrected chi connectivity index (χ0v) is 9.21. The van der Waals surface area contributed by atoms with Crippen molar-refractivity contribution in [2.24, 2.45) is 0 Å². The lowest BCUT2D eigenvalue weighted by molar-refractivity contribution is 0.415. The zero-order chi connectivity index (χ0) is 11.4. The van der Waals surface area contributed by atoms with Crippen LogP contribution < -0.4 is 5.32 Å². The first kappa shape index (κ1) is 10.7. The molecule has 6 nitrogen and oxygen atoms in total. The second-order valence-corrected chi connectivity index (χ2v) is 3.33. The number of hydrogen-bond acceptors (Lipinski definition) is 6. The molecule has 84 valence electrons.